The summed E-state index contributed by atoms with van der Waals surface area (Å²) in [6.07, 6.45) is 3.22. The molecule has 7 nitrogen and oxygen atoms in total. The number of carbonyl (C=O) groups is 2. The quantitative estimate of drug-likeness (QED) is 0.178. The lowest BCUT2D eigenvalue weighted by molar-refractivity contribution is -0.145. The Kier molecular flexibility index (Phi) is 10.5. The van der Waals surface area contributed by atoms with Gasteiger partial charge in [-0.25, -0.2) is 4.79 Å². The van der Waals surface area contributed by atoms with Crippen LogP contribution in [-0.2, 0) is 25.4 Å². The first-order valence-corrected chi connectivity index (χ1v) is 9.09. The van der Waals surface area contributed by atoms with Crippen molar-refractivity contribution in [1.29, 1.82) is 5.41 Å². The SMILES string of the molecule is C=CCOc1ccc(C[C@H]([B]OC=N)C(=O)N[C@@H](CC(C)C)C(=O)OC)cc1. The summed E-state index contributed by atoms with van der Waals surface area (Å²) in [5.41, 5.74) is 0.884. The molecule has 1 aromatic carbocycles. The average Bonchev–Trinajstić information content (AvgIpc) is 2.68. The molecule has 0 saturated carbocycles. The van der Waals surface area contributed by atoms with E-state index in [0.717, 1.165) is 12.0 Å². The molecule has 0 bridgehead atoms. The van der Waals surface area contributed by atoms with E-state index in [1.165, 1.54) is 14.6 Å². The van der Waals surface area contributed by atoms with E-state index in [-0.39, 0.29) is 11.8 Å². The minimum atomic E-state index is -0.733. The first-order valence-electron chi connectivity index (χ1n) is 9.09. The molecule has 1 amide bonds. The summed E-state index contributed by atoms with van der Waals surface area (Å²) < 4.78 is 15.2. The second-order valence-electron chi connectivity index (χ2n) is 6.66. The molecule has 1 radical (unpaired) electrons. The first-order chi connectivity index (χ1) is 13.4. The number of carbonyl (C=O) groups excluding carboxylic acids is 2. The lowest BCUT2D eigenvalue weighted by Crippen LogP contribution is -2.45. The Balaban J connectivity index is 2.84. The summed E-state index contributed by atoms with van der Waals surface area (Å²) in [7, 11) is 2.58. The molecule has 1 rings (SSSR count). The fourth-order valence-electron chi connectivity index (χ4n) is 2.57. The number of ether oxygens (including phenoxy) is 2. The van der Waals surface area contributed by atoms with Gasteiger partial charge in [0.1, 0.15) is 24.8 Å². The molecule has 0 aliphatic carbocycles. The van der Waals surface area contributed by atoms with Gasteiger partial charge < -0.3 is 19.4 Å². The Hall–Kier alpha value is -2.77. The molecule has 0 unspecified atom stereocenters. The van der Waals surface area contributed by atoms with Crippen LogP contribution in [0.5, 0.6) is 5.75 Å². The zero-order valence-corrected chi connectivity index (χ0v) is 16.6. The average molecular weight is 387 g/mol. The Morgan fingerprint density at radius 1 is 1.29 bits per heavy atom. The number of methoxy groups -OCH3 is 1. The maximum atomic E-state index is 12.7. The number of hydrogen-bond donors (Lipinski definition) is 2. The van der Waals surface area contributed by atoms with Crippen LogP contribution < -0.4 is 10.1 Å². The Morgan fingerprint density at radius 3 is 2.50 bits per heavy atom. The number of hydrogen-bond acceptors (Lipinski definition) is 6. The molecule has 0 saturated heterocycles. The van der Waals surface area contributed by atoms with Crippen LogP contribution >= 0.6 is 0 Å². The third-order valence-electron chi connectivity index (χ3n) is 3.90. The van der Waals surface area contributed by atoms with E-state index in [9.17, 15) is 9.59 Å². The Morgan fingerprint density at radius 2 is 1.96 bits per heavy atom. The smallest absolute Gasteiger partial charge is 0.384 e. The van der Waals surface area contributed by atoms with E-state index in [1.54, 1.807) is 18.2 Å². The van der Waals surface area contributed by atoms with Crippen molar-refractivity contribution in [1.82, 2.24) is 5.32 Å². The molecule has 0 fully saturated rings. The van der Waals surface area contributed by atoms with Crippen molar-refractivity contribution in [3.63, 3.8) is 0 Å². The van der Waals surface area contributed by atoms with Gasteiger partial charge in [0.2, 0.25) is 5.91 Å². The Labute approximate surface area is 167 Å². The van der Waals surface area contributed by atoms with Crippen LogP contribution in [-0.4, -0.2) is 45.5 Å². The van der Waals surface area contributed by atoms with E-state index >= 15 is 0 Å². The van der Waals surface area contributed by atoms with Crippen LogP contribution in [0.15, 0.2) is 36.9 Å². The zero-order chi connectivity index (χ0) is 20.9. The number of benzene rings is 1. The standard InChI is InChI=1S/C20H28BN2O5/c1-5-10-27-16-8-6-15(7-9-16)12-17(21-28-13-22)19(24)23-18(11-14(2)3)20(25)26-4/h5-9,13-14,17-18,22H,1,10-12H2,2-4H3,(H,23,24)/t17-,18-/m0/s1. The molecule has 2 N–H and O–H groups in total. The summed E-state index contributed by atoms with van der Waals surface area (Å²) in [6.45, 7) is 7.93. The van der Waals surface area contributed by atoms with Crippen LogP contribution in [0.3, 0.4) is 0 Å². The van der Waals surface area contributed by atoms with Crippen LogP contribution in [0, 0.1) is 11.3 Å². The van der Waals surface area contributed by atoms with Gasteiger partial charge in [-0.3, -0.25) is 10.2 Å². The molecule has 0 aliphatic heterocycles. The van der Waals surface area contributed by atoms with Crippen molar-refractivity contribution in [2.24, 2.45) is 5.92 Å². The van der Waals surface area contributed by atoms with Crippen molar-refractivity contribution in [2.45, 2.75) is 38.5 Å². The minimum absolute atomic E-state index is 0.202. The zero-order valence-electron chi connectivity index (χ0n) is 16.6. The van der Waals surface area contributed by atoms with Gasteiger partial charge in [0.05, 0.1) is 12.9 Å². The fraction of sp³-hybridized carbons (Fsp3) is 0.450. The lowest BCUT2D eigenvalue weighted by atomic mass is 9.75. The monoisotopic (exact) mass is 387 g/mol. The number of amides is 1. The van der Waals surface area contributed by atoms with Gasteiger partial charge in [-0.05, 0) is 36.5 Å². The summed E-state index contributed by atoms with van der Waals surface area (Å²) >= 11 is 0. The van der Waals surface area contributed by atoms with Crippen molar-refractivity contribution < 1.29 is 23.7 Å². The normalized spacial score (nSPS) is 12.4. The second-order valence-corrected chi connectivity index (χ2v) is 6.66. The summed E-state index contributed by atoms with van der Waals surface area (Å²) in [4.78, 5) is 24.7. The summed E-state index contributed by atoms with van der Waals surface area (Å²) in [5, 5.41) is 9.76. The molecular formula is C20H28BN2O5. The maximum absolute atomic E-state index is 12.7. The van der Waals surface area contributed by atoms with Gasteiger partial charge in [-0.15, -0.1) is 0 Å². The highest BCUT2D eigenvalue weighted by Crippen LogP contribution is 2.19. The maximum Gasteiger partial charge on any atom is 0.384 e. The van der Waals surface area contributed by atoms with E-state index in [0.29, 0.717) is 25.2 Å². The van der Waals surface area contributed by atoms with Gasteiger partial charge >= 0.3 is 13.5 Å². The molecule has 0 spiro atoms. The van der Waals surface area contributed by atoms with E-state index < -0.39 is 17.8 Å². The van der Waals surface area contributed by atoms with E-state index in [4.69, 9.17) is 19.5 Å². The van der Waals surface area contributed by atoms with E-state index in [2.05, 4.69) is 11.9 Å². The summed E-state index contributed by atoms with van der Waals surface area (Å²) in [5.74, 6) is -0.636. The molecule has 0 aliphatic rings. The molecule has 0 aromatic heterocycles. The highest BCUT2D eigenvalue weighted by Gasteiger charge is 2.28. The molecule has 2 atom stereocenters. The second kappa shape index (κ2) is 12.6. The third-order valence-corrected chi connectivity index (χ3v) is 3.90. The molecular weight excluding hydrogens is 359 g/mol. The number of rotatable bonds is 13. The van der Waals surface area contributed by atoms with Crippen LogP contribution in [0.4, 0.5) is 0 Å². The molecule has 28 heavy (non-hydrogen) atoms. The van der Waals surface area contributed by atoms with E-state index in [1.807, 2.05) is 26.0 Å². The molecule has 1 aromatic rings. The molecule has 0 heterocycles. The van der Waals surface area contributed by atoms with Gasteiger partial charge in [0, 0.05) is 0 Å². The van der Waals surface area contributed by atoms with Gasteiger partial charge in [-0.1, -0.05) is 38.6 Å². The van der Waals surface area contributed by atoms with Gasteiger partial charge in [0.15, 0.2) is 0 Å². The van der Waals surface area contributed by atoms with Crippen LogP contribution in [0.25, 0.3) is 0 Å². The first kappa shape index (κ1) is 23.3. The van der Waals surface area contributed by atoms with Gasteiger partial charge in [-0.2, -0.15) is 0 Å². The van der Waals surface area contributed by atoms with Crippen molar-refractivity contribution in [3.8, 4) is 5.75 Å². The number of esters is 1. The minimum Gasteiger partial charge on any atom is -0.555 e. The van der Waals surface area contributed by atoms with Crippen LogP contribution in [0.2, 0.25) is 5.82 Å². The lowest BCUT2D eigenvalue weighted by Gasteiger charge is -2.21. The molecule has 151 valence electrons. The van der Waals surface area contributed by atoms with Crippen LogP contribution in [0.1, 0.15) is 25.8 Å². The topological polar surface area (TPSA) is 97.7 Å². The predicted molar refractivity (Wildman–Crippen MR) is 109 cm³/mol. The fourth-order valence-corrected chi connectivity index (χ4v) is 2.57. The van der Waals surface area contributed by atoms with Gasteiger partial charge in [0.25, 0.3) is 0 Å². The van der Waals surface area contributed by atoms with Crippen molar-refractivity contribution in [2.75, 3.05) is 13.7 Å². The largest absolute Gasteiger partial charge is 0.555 e. The number of nitrogens with one attached hydrogen (secondary N) is 2. The highest BCUT2D eigenvalue weighted by atomic mass is 16.5. The Bertz CT molecular complexity index is 649. The summed E-state index contributed by atoms with van der Waals surface area (Å²) in [6, 6.07) is 6.58. The highest BCUT2D eigenvalue weighted by molar-refractivity contribution is 6.39. The van der Waals surface area contributed by atoms with Crippen molar-refractivity contribution >= 4 is 25.8 Å². The van der Waals surface area contributed by atoms with Crippen molar-refractivity contribution in [3.05, 3.63) is 42.5 Å². The molecule has 8 heteroatoms. The third kappa shape index (κ3) is 8.29. The predicted octanol–water partition coefficient (Wildman–Crippen LogP) is 2.53.